The lowest BCUT2D eigenvalue weighted by Crippen LogP contribution is -2.41. The minimum Gasteiger partial charge on any atom is -0.347 e. The van der Waals surface area contributed by atoms with E-state index in [0.717, 1.165) is 42.2 Å². The molecule has 7 nitrogen and oxygen atoms in total. The molecule has 2 aliphatic heterocycles. The van der Waals surface area contributed by atoms with E-state index in [9.17, 15) is 9.59 Å². The highest BCUT2D eigenvalue weighted by Crippen LogP contribution is 2.29. The van der Waals surface area contributed by atoms with Crippen LogP contribution in [-0.2, 0) is 24.2 Å². The van der Waals surface area contributed by atoms with Gasteiger partial charge in [0.2, 0.25) is 5.91 Å². The van der Waals surface area contributed by atoms with Crippen LogP contribution in [-0.4, -0.2) is 39.2 Å². The van der Waals surface area contributed by atoms with E-state index in [1.165, 1.54) is 0 Å². The van der Waals surface area contributed by atoms with E-state index in [-0.39, 0.29) is 17.9 Å². The number of hydrogen-bond acceptors (Lipinski definition) is 4. The monoisotopic (exact) mass is 339 g/mol. The third-order valence-electron chi connectivity index (χ3n) is 5.08. The lowest BCUT2D eigenvalue weighted by molar-refractivity contribution is -0.116. The number of nitrogens with one attached hydrogen (secondary N) is 1. The molecule has 1 N–H and O–H groups in total. The van der Waals surface area contributed by atoms with Gasteiger partial charge in [-0.3, -0.25) is 9.59 Å². The van der Waals surface area contributed by atoms with Crippen LogP contribution in [0.25, 0.3) is 0 Å². The zero-order valence-electron chi connectivity index (χ0n) is 14.5. The summed E-state index contributed by atoms with van der Waals surface area (Å²) in [7, 11) is 0. The molecule has 4 rings (SSSR count). The molecule has 2 aromatic rings. The summed E-state index contributed by atoms with van der Waals surface area (Å²) in [6, 6.07) is 5.66. The maximum absolute atomic E-state index is 12.6. The van der Waals surface area contributed by atoms with E-state index >= 15 is 0 Å². The highest BCUT2D eigenvalue weighted by molar-refractivity contribution is 5.98. The number of aryl methyl sites for hydroxylation is 2. The van der Waals surface area contributed by atoms with Gasteiger partial charge in [-0.25, -0.2) is 0 Å². The van der Waals surface area contributed by atoms with E-state index in [1.807, 2.05) is 19.1 Å². The molecule has 1 aromatic heterocycles. The normalized spacial score (nSPS) is 18.6. The SMILES string of the molecule is CC(=O)N1CCc2cc(C(=O)N[C@@H]3CCc4nnc(C)n4C3)ccc21. The lowest BCUT2D eigenvalue weighted by Gasteiger charge is -2.25. The zero-order chi connectivity index (χ0) is 17.6. The molecule has 0 unspecified atom stereocenters. The Balaban J connectivity index is 1.48. The van der Waals surface area contributed by atoms with Gasteiger partial charge < -0.3 is 14.8 Å². The van der Waals surface area contributed by atoms with Crippen molar-refractivity contribution in [2.45, 2.75) is 45.7 Å². The summed E-state index contributed by atoms with van der Waals surface area (Å²) < 4.78 is 2.07. The van der Waals surface area contributed by atoms with Crippen molar-refractivity contribution in [3.8, 4) is 0 Å². The number of rotatable bonds is 2. The molecule has 0 bridgehead atoms. The predicted octanol–water partition coefficient (Wildman–Crippen LogP) is 1.24. The van der Waals surface area contributed by atoms with Gasteiger partial charge in [0.05, 0.1) is 0 Å². The van der Waals surface area contributed by atoms with Gasteiger partial charge in [0.25, 0.3) is 5.91 Å². The number of amides is 2. The Kier molecular flexibility index (Phi) is 3.78. The number of nitrogens with zero attached hydrogens (tertiary/aromatic N) is 4. The van der Waals surface area contributed by atoms with Crippen LogP contribution in [0.2, 0.25) is 0 Å². The second-order valence-electron chi connectivity index (χ2n) is 6.75. The molecule has 1 atom stereocenters. The molecule has 25 heavy (non-hydrogen) atoms. The molecule has 0 spiro atoms. The Morgan fingerprint density at radius 1 is 1.24 bits per heavy atom. The molecule has 3 heterocycles. The zero-order valence-corrected chi connectivity index (χ0v) is 14.5. The molecular formula is C18H21N5O2. The summed E-state index contributed by atoms with van der Waals surface area (Å²) >= 11 is 0. The van der Waals surface area contributed by atoms with Crippen LogP contribution >= 0.6 is 0 Å². The molecule has 0 aliphatic carbocycles. The third-order valence-corrected chi connectivity index (χ3v) is 5.08. The average Bonchev–Trinajstić information content (AvgIpc) is 3.18. The number of carbonyl (C=O) groups excluding carboxylic acids is 2. The van der Waals surface area contributed by atoms with Crippen LogP contribution in [0.1, 0.15) is 40.9 Å². The number of fused-ring (bicyclic) bond motifs is 2. The molecule has 2 aliphatic rings. The first-order chi connectivity index (χ1) is 12.0. The van der Waals surface area contributed by atoms with E-state index < -0.39 is 0 Å². The number of hydrogen-bond donors (Lipinski definition) is 1. The number of carbonyl (C=O) groups is 2. The van der Waals surface area contributed by atoms with Crippen molar-refractivity contribution in [3.63, 3.8) is 0 Å². The molecule has 0 saturated heterocycles. The van der Waals surface area contributed by atoms with E-state index in [1.54, 1.807) is 17.9 Å². The third kappa shape index (κ3) is 2.79. The van der Waals surface area contributed by atoms with Crippen LogP contribution < -0.4 is 10.2 Å². The summed E-state index contributed by atoms with van der Waals surface area (Å²) in [4.78, 5) is 26.0. The maximum atomic E-state index is 12.6. The highest BCUT2D eigenvalue weighted by atomic mass is 16.2. The summed E-state index contributed by atoms with van der Waals surface area (Å²) in [5.41, 5.74) is 2.63. The van der Waals surface area contributed by atoms with Gasteiger partial charge in [0.1, 0.15) is 11.6 Å². The molecular weight excluding hydrogens is 318 g/mol. The van der Waals surface area contributed by atoms with Crippen molar-refractivity contribution in [1.29, 1.82) is 0 Å². The quantitative estimate of drug-likeness (QED) is 0.893. The first kappa shape index (κ1) is 15.8. The average molecular weight is 339 g/mol. The lowest BCUT2D eigenvalue weighted by atomic mass is 10.0. The molecule has 130 valence electrons. The van der Waals surface area contributed by atoms with Crippen LogP contribution in [0.3, 0.4) is 0 Å². The topological polar surface area (TPSA) is 80.1 Å². The second kappa shape index (κ2) is 5.98. The number of aromatic nitrogens is 3. The summed E-state index contributed by atoms with van der Waals surface area (Å²) in [6.07, 6.45) is 2.49. The second-order valence-corrected chi connectivity index (χ2v) is 6.75. The summed E-state index contributed by atoms with van der Waals surface area (Å²) in [5.74, 6) is 1.85. The van der Waals surface area contributed by atoms with E-state index in [4.69, 9.17) is 0 Å². The first-order valence-electron chi connectivity index (χ1n) is 8.63. The smallest absolute Gasteiger partial charge is 0.251 e. The van der Waals surface area contributed by atoms with Gasteiger partial charge in [0, 0.05) is 43.7 Å². The molecule has 2 amide bonds. The Bertz CT molecular complexity index is 857. The fraction of sp³-hybridized carbons (Fsp3) is 0.444. The molecule has 0 fully saturated rings. The summed E-state index contributed by atoms with van der Waals surface area (Å²) in [6.45, 7) is 4.90. The van der Waals surface area contributed by atoms with E-state index in [0.29, 0.717) is 18.7 Å². The summed E-state index contributed by atoms with van der Waals surface area (Å²) in [5, 5.41) is 11.4. The molecule has 0 radical (unpaired) electrons. The van der Waals surface area contributed by atoms with Crippen molar-refractivity contribution >= 4 is 17.5 Å². The molecule has 0 saturated carbocycles. The van der Waals surface area contributed by atoms with Gasteiger partial charge in [0.15, 0.2) is 0 Å². The van der Waals surface area contributed by atoms with Gasteiger partial charge >= 0.3 is 0 Å². The van der Waals surface area contributed by atoms with Crippen LogP contribution in [0, 0.1) is 6.92 Å². The van der Waals surface area contributed by atoms with Gasteiger partial charge in [-0.05, 0) is 43.5 Å². The molecule has 1 aromatic carbocycles. The Morgan fingerprint density at radius 3 is 2.88 bits per heavy atom. The first-order valence-corrected chi connectivity index (χ1v) is 8.63. The molecule has 7 heteroatoms. The Morgan fingerprint density at radius 2 is 2.08 bits per heavy atom. The van der Waals surface area contributed by atoms with Crippen molar-refractivity contribution < 1.29 is 9.59 Å². The van der Waals surface area contributed by atoms with Gasteiger partial charge in [-0.15, -0.1) is 10.2 Å². The van der Waals surface area contributed by atoms with Crippen LogP contribution in [0.15, 0.2) is 18.2 Å². The number of anilines is 1. The number of benzene rings is 1. The van der Waals surface area contributed by atoms with Gasteiger partial charge in [-0.1, -0.05) is 0 Å². The van der Waals surface area contributed by atoms with E-state index in [2.05, 4.69) is 20.1 Å². The van der Waals surface area contributed by atoms with Crippen molar-refractivity contribution in [3.05, 3.63) is 41.0 Å². The fourth-order valence-electron chi connectivity index (χ4n) is 3.72. The minimum absolute atomic E-state index is 0.0401. The predicted molar refractivity (Wildman–Crippen MR) is 92.5 cm³/mol. The Hall–Kier alpha value is -2.70. The van der Waals surface area contributed by atoms with Crippen molar-refractivity contribution in [2.24, 2.45) is 0 Å². The van der Waals surface area contributed by atoms with Crippen molar-refractivity contribution in [1.82, 2.24) is 20.1 Å². The largest absolute Gasteiger partial charge is 0.347 e. The fourth-order valence-corrected chi connectivity index (χ4v) is 3.72. The minimum atomic E-state index is -0.0664. The van der Waals surface area contributed by atoms with Crippen LogP contribution in [0.5, 0.6) is 0 Å². The van der Waals surface area contributed by atoms with Crippen molar-refractivity contribution in [2.75, 3.05) is 11.4 Å². The van der Waals surface area contributed by atoms with Crippen LogP contribution in [0.4, 0.5) is 5.69 Å². The standard InChI is InChI=1S/C18H21N5O2/c1-11-20-21-17-6-4-15(10-23(11)17)19-18(25)14-3-5-16-13(9-14)7-8-22(16)12(2)24/h3,5,9,15H,4,6-8,10H2,1-2H3,(H,19,25)/t15-/m1/s1. The Labute approximate surface area is 146 Å². The highest BCUT2D eigenvalue weighted by Gasteiger charge is 2.25. The van der Waals surface area contributed by atoms with Gasteiger partial charge in [-0.2, -0.15) is 0 Å². The maximum Gasteiger partial charge on any atom is 0.251 e.